The number of hydrogen-bond acceptors (Lipinski definition) is 4. The highest BCUT2D eigenvalue weighted by Crippen LogP contribution is 2.21. The van der Waals surface area contributed by atoms with Gasteiger partial charge in [-0.3, -0.25) is 4.99 Å². The number of para-hydroxylation sites is 1. The molecule has 2 heterocycles. The molecule has 1 aromatic carbocycles. The van der Waals surface area contributed by atoms with E-state index in [0.29, 0.717) is 19.7 Å². The molecular formula is C24H34IN5O. The number of guanidine groups is 1. The van der Waals surface area contributed by atoms with Crippen LogP contribution in [0.4, 0.5) is 5.82 Å². The molecule has 2 aromatic rings. The van der Waals surface area contributed by atoms with E-state index in [1.54, 1.807) is 13.1 Å². The van der Waals surface area contributed by atoms with E-state index in [2.05, 4.69) is 51.1 Å². The van der Waals surface area contributed by atoms with Gasteiger partial charge in [0.25, 0.3) is 0 Å². The summed E-state index contributed by atoms with van der Waals surface area (Å²) in [7, 11) is 1.77. The third kappa shape index (κ3) is 7.72. The van der Waals surface area contributed by atoms with Crippen molar-refractivity contribution in [1.29, 1.82) is 0 Å². The van der Waals surface area contributed by atoms with Gasteiger partial charge in [-0.05, 0) is 36.5 Å². The Hall–Kier alpha value is -2.29. The average molecular weight is 535 g/mol. The van der Waals surface area contributed by atoms with Crippen molar-refractivity contribution in [3.63, 3.8) is 0 Å². The summed E-state index contributed by atoms with van der Waals surface area (Å²) in [5.41, 5.74) is 2.20. The number of hydrogen-bond donors (Lipinski definition) is 2. The molecule has 7 heteroatoms. The second kappa shape index (κ2) is 13.2. The van der Waals surface area contributed by atoms with Crippen molar-refractivity contribution in [2.45, 2.75) is 32.9 Å². The molecule has 0 amide bonds. The first kappa shape index (κ1) is 25.0. The Kier molecular flexibility index (Phi) is 10.6. The second-order valence-corrected chi connectivity index (χ2v) is 7.68. The zero-order chi connectivity index (χ0) is 21.2. The first-order chi connectivity index (χ1) is 14.7. The number of nitrogens with one attached hydrogen (secondary N) is 2. The molecule has 0 atom stereocenters. The van der Waals surface area contributed by atoms with Crippen LogP contribution in [0.25, 0.3) is 0 Å². The molecule has 1 saturated heterocycles. The zero-order valence-corrected chi connectivity index (χ0v) is 20.8. The van der Waals surface area contributed by atoms with Crippen LogP contribution in [0.5, 0.6) is 5.75 Å². The molecule has 1 aromatic heterocycles. The molecule has 3 rings (SSSR count). The van der Waals surface area contributed by atoms with Gasteiger partial charge in [0.05, 0.1) is 0 Å². The van der Waals surface area contributed by atoms with Crippen molar-refractivity contribution in [2.75, 3.05) is 31.6 Å². The molecule has 31 heavy (non-hydrogen) atoms. The highest BCUT2D eigenvalue weighted by Gasteiger charge is 2.16. The van der Waals surface area contributed by atoms with Gasteiger partial charge >= 0.3 is 0 Å². The molecule has 0 unspecified atom stereocenters. The highest BCUT2D eigenvalue weighted by molar-refractivity contribution is 14.0. The van der Waals surface area contributed by atoms with Crippen LogP contribution in [-0.2, 0) is 13.1 Å². The Bertz CT molecular complexity index is 832. The summed E-state index contributed by atoms with van der Waals surface area (Å²) in [5.74, 6) is 3.49. The number of pyridine rings is 1. The summed E-state index contributed by atoms with van der Waals surface area (Å²) in [5, 5.41) is 6.70. The van der Waals surface area contributed by atoms with E-state index in [1.807, 2.05) is 30.5 Å². The fourth-order valence-corrected chi connectivity index (χ4v) is 3.47. The number of nitrogens with zero attached hydrogens (tertiary/aromatic N) is 3. The fraction of sp³-hybridized carbons (Fsp3) is 0.417. The maximum atomic E-state index is 5.72. The van der Waals surface area contributed by atoms with Crippen LogP contribution in [0.3, 0.4) is 0 Å². The molecule has 0 bridgehead atoms. The smallest absolute Gasteiger partial charge is 0.191 e. The van der Waals surface area contributed by atoms with Crippen molar-refractivity contribution in [3.05, 3.63) is 66.4 Å². The van der Waals surface area contributed by atoms with Crippen LogP contribution in [0.2, 0.25) is 0 Å². The Morgan fingerprint density at radius 1 is 1.19 bits per heavy atom. The molecule has 0 radical (unpaired) electrons. The van der Waals surface area contributed by atoms with E-state index >= 15 is 0 Å². The normalized spacial score (nSPS) is 14.5. The van der Waals surface area contributed by atoms with Crippen LogP contribution in [0, 0.1) is 5.92 Å². The monoisotopic (exact) mass is 535 g/mol. The highest BCUT2D eigenvalue weighted by atomic mass is 127. The Labute approximate surface area is 203 Å². The lowest BCUT2D eigenvalue weighted by Gasteiger charge is -2.31. The topological polar surface area (TPSA) is 61.8 Å². The molecule has 0 saturated carbocycles. The first-order valence-electron chi connectivity index (χ1n) is 10.7. The van der Waals surface area contributed by atoms with E-state index in [0.717, 1.165) is 47.7 Å². The third-order valence-electron chi connectivity index (χ3n) is 5.38. The molecule has 6 nitrogen and oxygen atoms in total. The molecule has 168 valence electrons. The Balaban J connectivity index is 0.00000341. The Morgan fingerprint density at radius 3 is 2.61 bits per heavy atom. The maximum Gasteiger partial charge on any atom is 0.191 e. The van der Waals surface area contributed by atoms with Gasteiger partial charge in [0.2, 0.25) is 0 Å². The van der Waals surface area contributed by atoms with Crippen molar-refractivity contribution in [1.82, 2.24) is 15.6 Å². The maximum absolute atomic E-state index is 5.72. The van der Waals surface area contributed by atoms with Gasteiger partial charge in [-0.1, -0.05) is 43.8 Å². The van der Waals surface area contributed by atoms with E-state index in [4.69, 9.17) is 4.74 Å². The summed E-state index contributed by atoms with van der Waals surface area (Å²) >= 11 is 0. The number of aromatic nitrogens is 1. The molecule has 1 aliphatic rings. The van der Waals surface area contributed by atoms with Gasteiger partial charge in [-0.15, -0.1) is 24.0 Å². The Morgan fingerprint density at radius 2 is 1.94 bits per heavy atom. The van der Waals surface area contributed by atoms with Crippen molar-refractivity contribution < 1.29 is 4.74 Å². The first-order valence-corrected chi connectivity index (χ1v) is 10.7. The summed E-state index contributed by atoms with van der Waals surface area (Å²) < 4.78 is 5.72. The number of halogens is 1. The SMILES string of the molecule is C=CCOc1ccccc1CNC(=NC)NCc1ccc(N2CCC(C)CC2)nc1.I. The number of benzene rings is 1. The fourth-order valence-electron chi connectivity index (χ4n) is 3.47. The van der Waals surface area contributed by atoms with E-state index in [9.17, 15) is 0 Å². The van der Waals surface area contributed by atoms with Crippen molar-refractivity contribution in [2.24, 2.45) is 10.9 Å². The summed E-state index contributed by atoms with van der Waals surface area (Å²) in [6.07, 6.45) is 6.19. The number of rotatable bonds is 8. The van der Waals surface area contributed by atoms with Crippen LogP contribution in [0.15, 0.2) is 60.2 Å². The average Bonchev–Trinajstić information content (AvgIpc) is 2.79. The molecular weight excluding hydrogens is 501 g/mol. The number of aliphatic imine (C=N–C) groups is 1. The van der Waals surface area contributed by atoms with Crippen LogP contribution < -0.4 is 20.3 Å². The number of anilines is 1. The standard InChI is InChI=1S/C24H33N5O.HI/c1-4-15-30-22-8-6-5-7-21(22)18-28-24(25-3)27-17-20-9-10-23(26-16-20)29-13-11-19(2)12-14-29;/h4-10,16,19H,1,11-15,17-18H2,2-3H3,(H2,25,27,28);1H. The molecule has 1 aliphatic heterocycles. The minimum Gasteiger partial charge on any atom is -0.489 e. The molecule has 2 N–H and O–H groups in total. The van der Waals surface area contributed by atoms with Crippen LogP contribution in [0.1, 0.15) is 30.9 Å². The largest absolute Gasteiger partial charge is 0.489 e. The van der Waals surface area contributed by atoms with Gasteiger partial charge in [0, 0.05) is 45.0 Å². The van der Waals surface area contributed by atoms with Gasteiger partial charge in [0.15, 0.2) is 5.96 Å². The third-order valence-corrected chi connectivity index (χ3v) is 5.38. The minimum absolute atomic E-state index is 0. The molecule has 0 spiro atoms. The summed E-state index contributed by atoms with van der Waals surface area (Å²) in [6.45, 7) is 10.0. The predicted octanol–water partition coefficient (Wildman–Crippen LogP) is 4.37. The zero-order valence-electron chi connectivity index (χ0n) is 18.5. The van der Waals surface area contributed by atoms with E-state index in [-0.39, 0.29) is 24.0 Å². The van der Waals surface area contributed by atoms with Crippen LogP contribution >= 0.6 is 24.0 Å². The number of ether oxygens (including phenoxy) is 1. The summed E-state index contributed by atoms with van der Waals surface area (Å²) in [6, 6.07) is 12.2. The quantitative estimate of drug-likeness (QED) is 0.228. The lowest BCUT2D eigenvalue weighted by molar-refractivity contribution is 0.358. The van der Waals surface area contributed by atoms with Gasteiger partial charge in [0.1, 0.15) is 18.2 Å². The molecule has 0 aliphatic carbocycles. The lowest BCUT2D eigenvalue weighted by atomic mass is 9.99. The van der Waals surface area contributed by atoms with Crippen molar-refractivity contribution in [3.8, 4) is 5.75 Å². The minimum atomic E-state index is 0. The van der Waals surface area contributed by atoms with Crippen LogP contribution in [-0.4, -0.2) is 37.7 Å². The van der Waals surface area contributed by atoms with E-state index in [1.165, 1.54) is 12.8 Å². The number of piperidine rings is 1. The lowest BCUT2D eigenvalue weighted by Crippen LogP contribution is -2.36. The second-order valence-electron chi connectivity index (χ2n) is 7.68. The van der Waals surface area contributed by atoms with Gasteiger partial charge in [-0.2, -0.15) is 0 Å². The molecule has 1 fully saturated rings. The predicted molar refractivity (Wildman–Crippen MR) is 139 cm³/mol. The van der Waals surface area contributed by atoms with Gasteiger partial charge < -0.3 is 20.3 Å². The van der Waals surface area contributed by atoms with E-state index < -0.39 is 0 Å². The van der Waals surface area contributed by atoms with Gasteiger partial charge in [-0.25, -0.2) is 4.98 Å². The van der Waals surface area contributed by atoms with Crippen molar-refractivity contribution >= 4 is 35.8 Å². The summed E-state index contributed by atoms with van der Waals surface area (Å²) in [4.78, 5) is 11.4.